The van der Waals surface area contributed by atoms with E-state index >= 15 is 0 Å². The SMILES string of the molecule is Cc1cc(-c2cnc(C)nc2)cc(C(F)(F)F)c1. The van der Waals surface area contributed by atoms with Crippen molar-refractivity contribution in [2.45, 2.75) is 20.0 Å². The minimum absolute atomic E-state index is 0.474. The second-order valence-corrected chi connectivity index (χ2v) is 4.10. The fraction of sp³-hybridized carbons (Fsp3) is 0.231. The number of halogens is 3. The first kappa shape index (κ1) is 12.5. The van der Waals surface area contributed by atoms with Gasteiger partial charge < -0.3 is 0 Å². The van der Waals surface area contributed by atoms with Crippen molar-refractivity contribution in [3.05, 3.63) is 47.5 Å². The Bertz CT molecular complexity index is 559. The number of alkyl halides is 3. The molecule has 18 heavy (non-hydrogen) atoms. The van der Waals surface area contributed by atoms with E-state index in [0.717, 1.165) is 12.1 Å². The molecule has 0 aliphatic carbocycles. The van der Waals surface area contributed by atoms with Gasteiger partial charge in [-0.25, -0.2) is 9.97 Å². The third-order valence-electron chi connectivity index (χ3n) is 2.52. The van der Waals surface area contributed by atoms with Crippen molar-refractivity contribution in [1.29, 1.82) is 0 Å². The van der Waals surface area contributed by atoms with Gasteiger partial charge in [0.25, 0.3) is 0 Å². The number of rotatable bonds is 1. The molecule has 0 spiro atoms. The van der Waals surface area contributed by atoms with Gasteiger partial charge in [-0.3, -0.25) is 0 Å². The van der Waals surface area contributed by atoms with Gasteiger partial charge in [0, 0.05) is 18.0 Å². The van der Waals surface area contributed by atoms with Gasteiger partial charge in [0.1, 0.15) is 5.82 Å². The lowest BCUT2D eigenvalue weighted by molar-refractivity contribution is -0.137. The van der Waals surface area contributed by atoms with E-state index in [0.29, 0.717) is 22.5 Å². The molecule has 0 aliphatic rings. The Morgan fingerprint density at radius 3 is 2.06 bits per heavy atom. The number of aromatic nitrogens is 2. The first-order valence-corrected chi connectivity index (χ1v) is 5.34. The molecule has 0 atom stereocenters. The standard InChI is InChI=1S/C13H11F3N2/c1-8-3-10(5-12(4-8)13(14,15)16)11-6-17-9(2)18-7-11/h3-7H,1-2H3. The largest absolute Gasteiger partial charge is 0.416 e. The highest BCUT2D eigenvalue weighted by Crippen LogP contribution is 2.33. The fourth-order valence-corrected chi connectivity index (χ4v) is 1.66. The van der Waals surface area contributed by atoms with Crippen LogP contribution < -0.4 is 0 Å². The van der Waals surface area contributed by atoms with Crippen molar-refractivity contribution < 1.29 is 13.2 Å². The van der Waals surface area contributed by atoms with Crippen LogP contribution in [0.5, 0.6) is 0 Å². The van der Waals surface area contributed by atoms with Crippen LogP contribution in [0.1, 0.15) is 17.0 Å². The fourth-order valence-electron chi connectivity index (χ4n) is 1.66. The summed E-state index contributed by atoms with van der Waals surface area (Å²) in [5.74, 6) is 0.586. The van der Waals surface area contributed by atoms with Gasteiger partial charge in [0.05, 0.1) is 5.56 Å². The average Bonchev–Trinajstić information content (AvgIpc) is 2.28. The van der Waals surface area contributed by atoms with Crippen LogP contribution in [-0.4, -0.2) is 9.97 Å². The lowest BCUT2D eigenvalue weighted by atomic mass is 10.0. The lowest BCUT2D eigenvalue weighted by Crippen LogP contribution is -2.05. The van der Waals surface area contributed by atoms with Gasteiger partial charge in [0.2, 0.25) is 0 Å². The molecule has 94 valence electrons. The molecule has 0 saturated carbocycles. The average molecular weight is 252 g/mol. The molecule has 0 fully saturated rings. The Labute approximate surface area is 103 Å². The van der Waals surface area contributed by atoms with E-state index in [2.05, 4.69) is 9.97 Å². The summed E-state index contributed by atoms with van der Waals surface area (Å²) in [6.07, 6.45) is -1.29. The molecular weight excluding hydrogens is 241 g/mol. The van der Waals surface area contributed by atoms with Crippen molar-refractivity contribution in [3.63, 3.8) is 0 Å². The molecule has 0 N–H and O–H groups in total. The second-order valence-electron chi connectivity index (χ2n) is 4.10. The van der Waals surface area contributed by atoms with Crippen LogP contribution in [0.15, 0.2) is 30.6 Å². The Morgan fingerprint density at radius 2 is 1.50 bits per heavy atom. The molecule has 0 unspecified atom stereocenters. The van der Waals surface area contributed by atoms with Crippen LogP contribution in [-0.2, 0) is 6.18 Å². The molecule has 2 rings (SSSR count). The van der Waals surface area contributed by atoms with Crippen molar-refractivity contribution >= 4 is 0 Å². The third kappa shape index (κ3) is 2.67. The summed E-state index contributed by atoms with van der Waals surface area (Å²) < 4.78 is 38.1. The van der Waals surface area contributed by atoms with Crippen LogP contribution in [0.4, 0.5) is 13.2 Å². The highest BCUT2D eigenvalue weighted by molar-refractivity contribution is 5.63. The zero-order valence-corrected chi connectivity index (χ0v) is 9.92. The maximum Gasteiger partial charge on any atom is 0.416 e. The number of hydrogen-bond acceptors (Lipinski definition) is 2. The van der Waals surface area contributed by atoms with Gasteiger partial charge in [-0.05, 0) is 37.1 Å². The number of hydrogen-bond donors (Lipinski definition) is 0. The molecule has 5 heteroatoms. The summed E-state index contributed by atoms with van der Waals surface area (Å²) in [5, 5.41) is 0. The monoisotopic (exact) mass is 252 g/mol. The molecule has 2 aromatic rings. The number of benzene rings is 1. The van der Waals surface area contributed by atoms with Crippen molar-refractivity contribution in [2.24, 2.45) is 0 Å². The van der Waals surface area contributed by atoms with Gasteiger partial charge in [-0.2, -0.15) is 13.2 Å². The van der Waals surface area contributed by atoms with E-state index in [1.54, 1.807) is 19.9 Å². The molecule has 1 aromatic carbocycles. The minimum atomic E-state index is -4.34. The Hall–Kier alpha value is -1.91. The van der Waals surface area contributed by atoms with Crippen LogP contribution in [0.25, 0.3) is 11.1 Å². The van der Waals surface area contributed by atoms with Gasteiger partial charge >= 0.3 is 6.18 Å². The van der Waals surface area contributed by atoms with Crippen molar-refractivity contribution in [1.82, 2.24) is 9.97 Å². The summed E-state index contributed by atoms with van der Waals surface area (Å²) in [6, 6.07) is 3.92. The van der Waals surface area contributed by atoms with Gasteiger partial charge in [-0.1, -0.05) is 6.07 Å². The van der Waals surface area contributed by atoms with Crippen LogP contribution >= 0.6 is 0 Å². The van der Waals surface area contributed by atoms with E-state index in [4.69, 9.17) is 0 Å². The topological polar surface area (TPSA) is 25.8 Å². The van der Waals surface area contributed by atoms with E-state index in [1.165, 1.54) is 12.4 Å². The Morgan fingerprint density at radius 1 is 0.889 bits per heavy atom. The highest BCUT2D eigenvalue weighted by Gasteiger charge is 2.30. The lowest BCUT2D eigenvalue weighted by Gasteiger charge is -2.10. The molecule has 2 nitrogen and oxygen atoms in total. The summed E-state index contributed by atoms with van der Waals surface area (Å²) in [4.78, 5) is 7.97. The predicted octanol–water partition coefficient (Wildman–Crippen LogP) is 3.78. The predicted molar refractivity (Wildman–Crippen MR) is 61.9 cm³/mol. The summed E-state index contributed by atoms with van der Waals surface area (Å²) in [5.41, 5.74) is 0.954. The highest BCUT2D eigenvalue weighted by atomic mass is 19.4. The number of aryl methyl sites for hydroxylation is 2. The van der Waals surface area contributed by atoms with E-state index in [9.17, 15) is 13.2 Å². The molecule has 0 saturated heterocycles. The van der Waals surface area contributed by atoms with Gasteiger partial charge in [-0.15, -0.1) is 0 Å². The normalized spacial score (nSPS) is 11.6. The van der Waals surface area contributed by atoms with Crippen LogP contribution in [0.2, 0.25) is 0 Å². The zero-order chi connectivity index (χ0) is 13.3. The first-order valence-electron chi connectivity index (χ1n) is 5.34. The van der Waals surface area contributed by atoms with Crippen LogP contribution in [0, 0.1) is 13.8 Å². The van der Waals surface area contributed by atoms with E-state index in [1.807, 2.05) is 0 Å². The minimum Gasteiger partial charge on any atom is -0.241 e. The van der Waals surface area contributed by atoms with Crippen molar-refractivity contribution in [2.75, 3.05) is 0 Å². The number of nitrogens with zero attached hydrogens (tertiary/aromatic N) is 2. The second kappa shape index (κ2) is 4.40. The van der Waals surface area contributed by atoms with Crippen molar-refractivity contribution in [3.8, 4) is 11.1 Å². The van der Waals surface area contributed by atoms with Crippen LogP contribution in [0.3, 0.4) is 0 Å². The Kier molecular flexibility index (Phi) is 3.07. The van der Waals surface area contributed by atoms with E-state index < -0.39 is 11.7 Å². The zero-order valence-electron chi connectivity index (χ0n) is 9.92. The Balaban J connectivity index is 2.52. The summed E-state index contributed by atoms with van der Waals surface area (Å²) in [6.45, 7) is 3.36. The smallest absolute Gasteiger partial charge is 0.241 e. The molecule has 0 bridgehead atoms. The maximum atomic E-state index is 12.7. The molecule has 0 amide bonds. The summed E-state index contributed by atoms with van der Waals surface area (Å²) in [7, 11) is 0. The summed E-state index contributed by atoms with van der Waals surface area (Å²) >= 11 is 0. The first-order chi connectivity index (χ1) is 8.36. The molecule has 0 radical (unpaired) electrons. The van der Waals surface area contributed by atoms with Gasteiger partial charge in [0.15, 0.2) is 0 Å². The van der Waals surface area contributed by atoms with E-state index in [-0.39, 0.29) is 0 Å². The molecule has 1 aromatic heterocycles. The molecule has 0 aliphatic heterocycles. The molecule has 1 heterocycles. The molecular formula is C13H11F3N2. The third-order valence-corrected chi connectivity index (χ3v) is 2.52. The maximum absolute atomic E-state index is 12.7. The quantitative estimate of drug-likeness (QED) is 0.771.